The Bertz CT molecular complexity index is 1240. The van der Waals surface area contributed by atoms with Crippen LogP contribution in [0.5, 0.6) is 34.5 Å². The standard InChI is InChI=1S/C28H29NO7/c1-32-24-15-18(6-7-19-16-25(33-2)28(36-5)26(17-19)34-3)14-22(27(24)35-4)29-13-12-23(31)20-8-10-21(30)11-9-20/h6-17,29-30H,1-5H3. The summed E-state index contributed by atoms with van der Waals surface area (Å²) < 4.78 is 27.3. The fraction of sp³-hybridized carbons (Fsp3) is 0.179. The van der Waals surface area contributed by atoms with Crippen molar-refractivity contribution in [3.05, 3.63) is 77.5 Å². The molecule has 8 nitrogen and oxygen atoms in total. The van der Waals surface area contributed by atoms with Gasteiger partial charge in [0, 0.05) is 17.8 Å². The second-order valence-corrected chi connectivity index (χ2v) is 7.48. The van der Waals surface area contributed by atoms with Crippen molar-refractivity contribution in [1.82, 2.24) is 0 Å². The Kier molecular flexibility index (Phi) is 8.83. The summed E-state index contributed by atoms with van der Waals surface area (Å²) in [7, 11) is 7.78. The molecule has 0 atom stereocenters. The molecule has 8 heteroatoms. The van der Waals surface area contributed by atoms with E-state index in [1.165, 1.54) is 24.4 Å². The van der Waals surface area contributed by atoms with Crippen LogP contribution >= 0.6 is 0 Å². The third kappa shape index (κ3) is 6.09. The van der Waals surface area contributed by atoms with E-state index in [9.17, 15) is 9.90 Å². The molecule has 0 unspecified atom stereocenters. The third-order valence-corrected chi connectivity index (χ3v) is 5.28. The molecule has 0 saturated carbocycles. The van der Waals surface area contributed by atoms with Gasteiger partial charge in [-0.25, -0.2) is 0 Å². The first kappa shape index (κ1) is 26.0. The number of aromatic hydroxyl groups is 1. The quantitative estimate of drug-likeness (QED) is 0.209. The average Bonchev–Trinajstić information content (AvgIpc) is 2.90. The summed E-state index contributed by atoms with van der Waals surface area (Å²) in [5.74, 6) is 2.51. The number of phenols is 1. The zero-order valence-electron chi connectivity index (χ0n) is 20.8. The lowest BCUT2D eigenvalue weighted by atomic mass is 10.1. The van der Waals surface area contributed by atoms with Gasteiger partial charge in [0.15, 0.2) is 28.8 Å². The fourth-order valence-electron chi connectivity index (χ4n) is 3.51. The Morgan fingerprint density at radius 2 is 1.22 bits per heavy atom. The van der Waals surface area contributed by atoms with Crippen LogP contribution in [0.4, 0.5) is 5.69 Å². The van der Waals surface area contributed by atoms with Crippen molar-refractivity contribution in [2.75, 3.05) is 40.9 Å². The topological polar surface area (TPSA) is 95.5 Å². The number of rotatable bonds is 11. The summed E-state index contributed by atoms with van der Waals surface area (Å²) in [6.45, 7) is 0. The zero-order valence-corrected chi connectivity index (χ0v) is 20.8. The van der Waals surface area contributed by atoms with Gasteiger partial charge in [-0.2, -0.15) is 0 Å². The number of hydrogen-bond acceptors (Lipinski definition) is 8. The van der Waals surface area contributed by atoms with Crippen LogP contribution < -0.4 is 29.0 Å². The largest absolute Gasteiger partial charge is 0.508 e. The summed E-state index contributed by atoms with van der Waals surface area (Å²) in [4.78, 5) is 12.4. The smallest absolute Gasteiger partial charge is 0.203 e. The number of benzene rings is 3. The molecule has 0 aliphatic heterocycles. The SMILES string of the molecule is COc1cc(C=Cc2cc(OC)c(OC)c(OC)c2)cc(NC=CC(=O)c2ccc(O)cc2)c1OC. The van der Waals surface area contributed by atoms with Crippen LogP contribution in [0.25, 0.3) is 12.2 Å². The minimum Gasteiger partial charge on any atom is -0.508 e. The average molecular weight is 492 g/mol. The van der Waals surface area contributed by atoms with Crippen LogP contribution in [-0.2, 0) is 0 Å². The number of carbonyl (C=O) groups is 1. The lowest BCUT2D eigenvalue weighted by molar-refractivity contribution is 0.104. The highest BCUT2D eigenvalue weighted by molar-refractivity contribution is 6.04. The first-order valence-electron chi connectivity index (χ1n) is 10.9. The zero-order chi connectivity index (χ0) is 26.1. The monoisotopic (exact) mass is 491 g/mol. The van der Waals surface area contributed by atoms with Crippen LogP contribution in [0, 0.1) is 0 Å². The second-order valence-electron chi connectivity index (χ2n) is 7.48. The summed E-state index contributed by atoms with van der Waals surface area (Å²) in [6, 6.07) is 13.4. The number of phenolic OH excluding ortho intramolecular Hbond substituents is 1. The number of allylic oxidation sites excluding steroid dienone is 1. The molecule has 0 bridgehead atoms. The summed E-state index contributed by atoms with van der Waals surface area (Å²) in [5.41, 5.74) is 2.73. The van der Waals surface area contributed by atoms with Crippen molar-refractivity contribution in [3.63, 3.8) is 0 Å². The molecule has 0 aliphatic rings. The maximum Gasteiger partial charge on any atom is 0.203 e. The van der Waals surface area contributed by atoms with Crippen molar-refractivity contribution in [2.24, 2.45) is 0 Å². The molecule has 3 rings (SSSR count). The van der Waals surface area contributed by atoms with E-state index in [4.69, 9.17) is 23.7 Å². The van der Waals surface area contributed by atoms with Gasteiger partial charge in [-0.05, 0) is 59.7 Å². The van der Waals surface area contributed by atoms with Crippen LogP contribution in [-0.4, -0.2) is 46.4 Å². The van der Waals surface area contributed by atoms with Gasteiger partial charge in [0.2, 0.25) is 5.75 Å². The Morgan fingerprint density at radius 3 is 1.72 bits per heavy atom. The number of methoxy groups -OCH3 is 5. The van der Waals surface area contributed by atoms with Gasteiger partial charge in [-0.3, -0.25) is 4.79 Å². The van der Waals surface area contributed by atoms with E-state index in [1.807, 2.05) is 36.4 Å². The van der Waals surface area contributed by atoms with Crippen LogP contribution in [0.3, 0.4) is 0 Å². The Labute approximate surface area is 210 Å². The highest BCUT2D eigenvalue weighted by Gasteiger charge is 2.13. The maximum atomic E-state index is 12.4. The van der Waals surface area contributed by atoms with Gasteiger partial charge in [0.25, 0.3) is 0 Å². The predicted octanol–water partition coefficient (Wildman–Crippen LogP) is 5.41. The molecule has 0 aliphatic carbocycles. The van der Waals surface area contributed by atoms with Crippen molar-refractivity contribution in [3.8, 4) is 34.5 Å². The van der Waals surface area contributed by atoms with E-state index in [-0.39, 0.29) is 11.5 Å². The van der Waals surface area contributed by atoms with E-state index in [0.29, 0.717) is 40.0 Å². The molecule has 3 aromatic carbocycles. The summed E-state index contributed by atoms with van der Waals surface area (Å²) >= 11 is 0. The number of ether oxygens (including phenoxy) is 5. The van der Waals surface area contributed by atoms with Gasteiger partial charge in [-0.15, -0.1) is 0 Å². The van der Waals surface area contributed by atoms with E-state index in [1.54, 1.807) is 47.7 Å². The molecule has 0 spiro atoms. The number of anilines is 1. The molecule has 36 heavy (non-hydrogen) atoms. The molecular weight excluding hydrogens is 462 g/mol. The van der Waals surface area contributed by atoms with Gasteiger partial charge in [0.1, 0.15) is 5.75 Å². The molecule has 188 valence electrons. The predicted molar refractivity (Wildman–Crippen MR) is 140 cm³/mol. The maximum absolute atomic E-state index is 12.4. The molecule has 0 saturated heterocycles. The fourth-order valence-corrected chi connectivity index (χ4v) is 3.51. The van der Waals surface area contributed by atoms with Gasteiger partial charge in [0.05, 0.1) is 41.2 Å². The molecular formula is C28H29NO7. The lowest BCUT2D eigenvalue weighted by Crippen LogP contribution is -1.99. The van der Waals surface area contributed by atoms with Crippen molar-refractivity contribution < 1.29 is 33.6 Å². The second kappa shape index (κ2) is 12.2. The number of hydrogen-bond donors (Lipinski definition) is 2. The molecule has 0 radical (unpaired) electrons. The molecule has 3 aromatic rings. The Hall–Kier alpha value is -4.59. The van der Waals surface area contributed by atoms with Crippen LogP contribution in [0.1, 0.15) is 21.5 Å². The van der Waals surface area contributed by atoms with Crippen molar-refractivity contribution in [2.45, 2.75) is 0 Å². The molecule has 0 aromatic heterocycles. The number of nitrogens with one attached hydrogen (secondary N) is 1. The van der Waals surface area contributed by atoms with Gasteiger partial charge < -0.3 is 34.1 Å². The van der Waals surface area contributed by atoms with E-state index in [2.05, 4.69) is 5.32 Å². The first-order chi connectivity index (χ1) is 17.4. The van der Waals surface area contributed by atoms with Crippen molar-refractivity contribution >= 4 is 23.6 Å². The van der Waals surface area contributed by atoms with Gasteiger partial charge >= 0.3 is 0 Å². The molecule has 0 heterocycles. The minimum atomic E-state index is -0.216. The Morgan fingerprint density at radius 1 is 0.722 bits per heavy atom. The highest BCUT2D eigenvalue weighted by Crippen LogP contribution is 2.40. The number of ketones is 1. The lowest BCUT2D eigenvalue weighted by Gasteiger charge is -2.14. The third-order valence-electron chi connectivity index (χ3n) is 5.28. The van der Waals surface area contributed by atoms with Crippen LogP contribution in [0.15, 0.2) is 60.8 Å². The number of carbonyl (C=O) groups excluding carboxylic acids is 1. The van der Waals surface area contributed by atoms with E-state index >= 15 is 0 Å². The first-order valence-corrected chi connectivity index (χ1v) is 10.9. The highest BCUT2D eigenvalue weighted by atomic mass is 16.5. The van der Waals surface area contributed by atoms with Gasteiger partial charge in [-0.1, -0.05) is 12.2 Å². The summed E-state index contributed by atoms with van der Waals surface area (Å²) in [6.07, 6.45) is 6.73. The van der Waals surface area contributed by atoms with E-state index in [0.717, 1.165) is 11.1 Å². The Balaban J connectivity index is 1.89. The van der Waals surface area contributed by atoms with E-state index < -0.39 is 0 Å². The minimum absolute atomic E-state index is 0.0990. The van der Waals surface area contributed by atoms with Crippen LogP contribution in [0.2, 0.25) is 0 Å². The van der Waals surface area contributed by atoms with Crippen molar-refractivity contribution in [1.29, 1.82) is 0 Å². The normalized spacial score (nSPS) is 10.9. The molecule has 0 amide bonds. The molecule has 0 fully saturated rings. The molecule has 2 N–H and O–H groups in total. The summed E-state index contributed by atoms with van der Waals surface area (Å²) in [5, 5.41) is 12.5.